The zero-order valence-electron chi connectivity index (χ0n) is 13.0. The van der Waals surface area contributed by atoms with Gasteiger partial charge in [0, 0.05) is 5.56 Å². The van der Waals surface area contributed by atoms with Crippen LogP contribution in [0.25, 0.3) is 0 Å². The van der Waals surface area contributed by atoms with E-state index in [2.05, 4.69) is 11.8 Å². The number of hydrogen-bond acceptors (Lipinski definition) is 4. The van der Waals surface area contributed by atoms with Crippen molar-refractivity contribution in [2.45, 2.75) is 26.4 Å². The Labute approximate surface area is 127 Å². The second-order valence-corrected chi connectivity index (χ2v) is 5.41. The van der Waals surface area contributed by atoms with Gasteiger partial charge in [-0.2, -0.15) is 0 Å². The van der Waals surface area contributed by atoms with Crippen LogP contribution in [-0.4, -0.2) is 43.7 Å². The Bertz CT molecular complexity index is 466. The molecule has 21 heavy (non-hydrogen) atoms. The fourth-order valence-corrected chi connectivity index (χ4v) is 1.53. The zero-order chi connectivity index (χ0) is 15.6. The zero-order valence-corrected chi connectivity index (χ0v) is 13.0. The second kappa shape index (κ2) is 9.41. The van der Waals surface area contributed by atoms with E-state index in [-0.39, 0.29) is 12.2 Å². The molecule has 0 saturated heterocycles. The Balaban J connectivity index is 2.18. The summed E-state index contributed by atoms with van der Waals surface area (Å²) in [5, 5.41) is 8.66. The maximum Gasteiger partial charge on any atom is 0.120 e. The molecule has 0 spiro atoms. The Morgan fingerprint density at radius 3 is 2.57 bits per heavy atom. The van der Waals surface area contributed by atoms with Gasteiger partial charge in [0.1, 0.15) is 19.0 Å². The molecule has 0 radical (unpaired) electrons. The van der Waals surface area contributed by atoms with E-state index in [0.717, 1.165) is 11.3 Å². The van der Waals surface area contributed by atoms with Gasteiger partial charge < -0.3 is 19.3 Å². The maximum absolute atomic E-state index is 8.66. The van der Waals surface area contributed by atoms with Gasteiger partial charge in [-0.3, -0.25) is 0 Å². The molecule has 116 valence electrons. The van der Waals surface area contributed by atoms with Crippen molar-refractivity contribution in [2.75, 3.05) is 33.0 Å². The lowest BCUT2D eigenvalue weighted by atomic mass is 10.2. The van der Waals surface area contributed by atoms with Crippen LogP contribution in [0.4, 0.5) is 0 Å². The van der Waals surface area contributed by atoms with Crippen molar-refractivity contribution < 1.29 is 19.3 Å². The molecule has 0 saturated carbocycles. The number of aliphatic hydroxyl groups excluding tert-OH is 1. The van der Waals surface area contributed by atoms with Crippen molar-refractivity contribution in [3.8, 4) is 17.6 Å². The fourth-order valence-electron chi connectivity index (χ4n) is 1.53. The van der Waals surface area contributed by atoms with Crippen LogP contribution in [-0.2, 0) is 9.47 Å². The Hall–Kier alpha value is -1.54. The second-order valence-electron chi connectivity index (χ2n) is 5.41. The quantitative estimate of drug-likeness (QED) is 0.618. The van der Waals surface area contributed by atoms with Gasteiger partial charge in [0.15, 0.2) is 0 Å². The van der Waals surface area contributed by atoms with Crippen LogP contribution in [0.5, 0.6) is 5.75 Å². The molecular weight excluding hydrogens is 268 g/mol. The average Bonchev–Trinajstić information content (AvgIpc) is 2.43. The summed E-state index contributed by atoms with van der Waals surface area (Å²) >= 11 is 0. The summed E-state index contributed by atoms with van der Waals surface area (Å²) in [4.78, 5) is 0. The van der Waals surface area contributed by atoms with E-state index in [4.69, 9.17) is 19.3 Å². The SMILES string of the molecule is CC(C)(C)OCCOCCOc1cccc(C#CCO)c1. The molecular formula is C17H24O4. The summed E-state index contributed by atoms with van der Waals surface area (Å²) < 4.78 is 16.6. The number of benzene rings is 1. The van der Waals surface area contributed by atoms with Gasteiger partial charge in [-0.05, 0) is 39.0 Å². The summed E-state index contributed by atoms with van der Waals surface area (Å²) in [6, 6.07) is 7.45. The van der Waals surface area contributed by atoms with Crippen LogP contribution >= 0.6 is 0 Å². The predicted octanol–water partition coefficient (Wildman–Crippen LogP) is 2.24. The first-order valence-corrected chi connectivity index (χ1v) is 7.05. The molecule has 0 bridgehead atoms. The van der Waals surface area contributed by atoms with E-state index in [1.807, 2.05) is 45.0 Å². The number of ether oxygens (including phenoxy) is 3. The van der Waals surface area contributed by atoms with Gasteiger partial charge in [0.05, 0.1) is 25.4 Å². The smallest absolute Gasteiger partial charge is 0.120 e. The standard InChI is InChI=1S/C17H24O4/c1-17(2,3)21-13-11-19-10-12-20-16-8-4-6-15(14-16)7-5-9-18/h4,6,8,14,18H,9-13H2,1-3H3. The molecule has 1 aromatic carbocycles. The highest BCUT2D eigenvalue weighted by atomic mass is 16.5. The van der Waals surface area contributed by atoms with Crippen molar-refractivity contribution in [3.05, 3.63) is 29.8 Å². The molecule has 0 aliphatic carbocycles. The van der Waals surface area contributed by atoms with Gasteiger partial charge >= 0.3 is 0 Å². The highest BCUT2D eigenvalue weighted by Gasteiger charge is 2.08. The van der Waals surface area contributed by atoms with Crippen LogP contribution in [0.15, 0.2) is 24.3 Å². The summed E-state index contributed by atoms with van der Waals surface area (Å²) in [5.74, 6) is 6.19. The van der Waals surface area contributed by atoms with Crippen LogP contribution in [0, 0.1) is 11.8 Å². The lowest BCUT2D eigenvalue weighted by molar-refractivity contribution is -0.0375. The summed E-state index contributed by atoms with van der Waals surface area (Å²) in [5.41, 5.74) is 0.691. The minimum Gasteiger partial charge on any atom is -0.491 e. The molecule has 0 amide bonds. The summed E-state index contributed by atoms with van der Waals surface area (Å²) in [7, 11) is 0. The van der Waals surface area contributed by atoms with Gasteiger partial charge in [-0.1, -0.05) is 17.9 Å². The van der Waals surface area contributed by atoms with Gasteiger partial charge in [-0.15, -0.1) is 0 Å². The normalized spacial score (nSPS) is 10.9. The Morgan fingerprint density at radius 1 is 1.10 bits per heavy atom. The molecule has 4 heteroatoms. The molecule has 0 aliphatic heterocycles. The first kappa shape index (κ1) is 17.5. The van der Waals surface area contributed by atoms with Crippen LogP contribution in [0.3, 0.4) is 0 Å². The Kier molecular flexibility index (Phi) is 7.84. The lowest BCUT2D eigenvalue weighted by Crippen LogP contribution is -2.22. The van der Waals surface area contributed by atoms with Gasteiger partial charge in [-0.25, -0.2) is 0 Å². The number of rotatable bonds is 7. The molecule has 1 N–H and O–H groups in total. The van der Waals surface area contributed by atoms with E-state index in [1.165, 1.54) is 0 Å². The summed E-state index contributed by atoms with van der Waals surface area (Å²) in [6.45, 7) is 8.04. The van der Waals surface area contributed by atoms with Crippen molar-refractivity contribution in [1.82, 2.24) is 0 Å². The van der Waals surface area contributed by atoms with Crippen LogP contribution in [0.2, 0.25) is 0 Å². The third kappa shape index (κ3) is 9.09. The van der Waals surface area contributed by atoms with E-state index >= 15 is 0 Å². The first-order valence-electron chi connectivity index (χ1n) is 7.05. The van der Waals surface area contributed by atoms with Gasteiger partial charge in [0.2, 0.25) is 0 Å². The maximum atomic E-state index is 8.66. The lowest BCUT2D eigenvalue weighted by Gasteiger charge is -2.19. The Morgan fingerprint density at radius 2 is 1.86 bits per heavy atom. The van der Waals surface area contributed by atoms with E-state index in [9.17, 15) is 0 Å². The van der Waals surface area contributed by atoms with Crippen molar-refractivity contribution >= 4 is 0 Å². The molecule has 0 aliphatic rings. The van der Waals surface area contributed by atoms with Crippen molar-refractivity contribution in [1.29, 1.82) is 0 Å². The summed E-state index contributed by atoms with van der Waals surface area (Å²) in [6.07, 6.45) is 0. The number of aliphatic hydroxyl groups is 1. The molecule has 0 fully saturated rings. The predicted molar refractivity (Wildman–Crippen MR) is 82.4 cm³/mol. The largest absolute Gasteiger partial charge is 0.491 e. The van der Waals surface area contributed by atoms with E-state index < -0.39 is 0 Å². The van der Waals surface area contributed by atoms with Crippen LogP contribution in [0.1, 0.15) is 26.3 Å². The molecule has 0 unspecified atom stereocenters. The van der Waals surface area contributed by atoms with E-state index in [0.29, 0.717) is 26.4 Å². The van der Waals surface area contributed by atoms with Gasteiger partial charge in [0.25, 0.3) is 0 Å². The van der Waals surface area contributed by atoms with Crippen molar-refractivity contribution in [3.63, 3.8) is 0 Å². The topological polar surface area (TPSA) is 47.9 Å². The highest BCUT2D eigenvalue weighted by Crippen LogP contribution is 2.12. The third-order valence-electron chi connectivity index (χ3n) is 2.40. The number of hydrogen-bond donors (Lipinski definition) is 1. The highest BCUT2D eigenvalue weighted by molar-refractivity contribution is 5.39. The average molecular weight is 292 g/mol. The minimum absolute atomic E-state index is 0.129. The van der Waals surface area contributed by atoms with Crippen molar-refractivity contribution in [2.24, 2.45) is 0 Å². The molecule has 4 nitrogen and oxygen atoms in total. The molecule has 1 aromatic rings. The third-order valence-corrected chi connectivity index (χ3v) is 2.40. The molecule has 0 aromatic heterocycles. The molecule has 0 heterocycles. The minimum atomic E-state index is -0.143. The first-order chi connectivity index (χ1) is 10.0. The molecule has 1 rings (SSSR count). The monoisotopic (exact) mass is 292 g/mol. The van der Waals surface area contributed by atoms with E-state index in [1.54, 1.807) is 0 Å². The molecule has 0 atom stereocenters. The van der Waals surface area contributed by atoms with Crippen LogP contribution < -0.4 is 4.74 Å². The fraction of sp³-hybridized carbons (Fsp3) is 0.529.